The normalized spacial score (nSPS) is 11.3. The minimum absolute atomic E-state index is 0.00260. The number of hydrogen-bond donors (Lipinski definition) is 0. The third kappa shape index (κ3) is 6.04. The van der Waals surface area contributed by atoms with Crippen LogP contribution < -0.4 is 0 Å². The van der Waals surface area contributed by atoms with E-state index in [0.29, 0.717) is 16.4 Å². The summed E-state index contributed by atoms with van der Waals surface area (Å²) < 4.78 is 28.8. The Morgan fingerprint density at radius 1 is 0.926 bits per heavy atom. The quantitative estimate of drug-likeness (QED) is 0.324. The third-order valence-corrected chi connectivity index (χ3v) is 6.55. The van der Waals surface area contributed by atoms with Gasteiger partial charge < -0.3 is 0 Å². The number of benzene rings is 2. The Hall–Kier alpha value is -1.92. The molecular formula is C14H10Cl2N2O7S2. The van der Waals surface area contributed by atoms with Crippen molar-refractivity contribution in [3.05, 3.63) is 77.8 Å². The van der Waals surface area contributed by atoms with Gasteiger partial charge in [0.15, 0.2) is 0 Å². The lowest BCUT2D eigenvalue weighted by Crippen LogP contribution is -2.03. The highest BCUT2D eigenvalue weighted by Crippen LogP contribution is 2.30. The molecule has 0 amide bonds. The molecule has 0 aliphatic heterocycles. The summed E-state index contributed by atoms with van der Waals surface area (Å²) in [5.74, 6) is -0.0901. The fraction of sp³-hybridized carbons (Fsp3) is 0.143. The van der Waals surface area contributed by atoms with Gasteiger partial charge in [-0.1, -0.05) is 23.2 Å². The van der Waals surface area contributed by atoms with Crippen molar-refractivity contribution in [1.29, 1.82) is 0 Å². The highest BCUT2D eigenvalue weighted by molar-refractivity contribution is 8.69. The van der Waals surface area contributed by atoms with Gasteiger partial charge in [0, 0.05) is 40.8 Å². The van der Waals surface area contributed by atoms with Crippen LogP contribution in [0.3, 0.4) is 0 Å². The molecule has 0 saturated heterocycles. The van der Waals surface area contributed by atoms with Crippen molar-refractivity contribution in [2.24, 2.45) is 0 Å². The van der Waals surface area contributed by atoms with Crippen molar-refractivity contribution < 1.29 is 22.4 Å². The topological polar surface area (TPSA) is 130 Å². The summed E-state index contributed by atoms with van der Waals surface area (Å²) in [6, 6.07) is 7.27. The maximum absolute atomic E-state index is 12.0. The molecule has 27 heavy (non-hydrogen) atoms. The molecular weight excluding hydrogens is 443 g/mol. The van der Waals surface area contributed by atoms with Crippen LogP contribution in [0.5, 0.6) is 0 Å². The van der Waals surface area contributed by atoms with Gasteiger partial charge in [-0.3, -0.25) is 24.4 Å². The summed E-state index contributed by atoms with van der Waals surface area (Å²) in [5, 5.41) is 21.4. The summed E-state index contributed by atoms with van der Waals surface area (Å²) in [6.07, 6.45) is 0. The number of nitrogens with zero attached hydrogens (tertiary/aromatic N) is 2. The molecule has 0 spiro atoms. The maximum Gasteiger partial charge on any atom is 0.322 e. The molecule has 0 fully saturated rings. The molecule has 0 unspecified atom stereocenters. The number of non-ortho nitro benzene ring substituents is 2. The maximum atomic E-state index is 12.0. The van der Waals surface area contributed by atoms with Crippen molar-refractivity contribution in [3.8, 4) is 0 Å². The zero-order valence-electron chi connectivity index (χ0n) is 13.2. The number of rotatable bonds is 8. The molecule has 0 aliphatic carbocycles. The molecule has 144 valence electrons. The number of nitro benzene ring substituents is 2. The van der Waals surface area contributed by atoms with E-state index in [0.717, 1.165) is 12.1 Å². The Morgan fingerprint density at radius 2 is 1.41 bits per heavy atom. The van der Waals surface area contributed by atoms with E-state index in [9.17, 15) is 28.6 Å². The molecule has 9 nitrogen and oxygen atoms in total. The summed E-state index contributed by atoms with van der Waals surface area (Å²) in [7, 11) is -3.59. The van der Waals surface area contributed by atoms with Crippen molar-refractivity contribution in [2.75, 3.05) is 0 Å². The number of nitro groups is 2. The van der Waals surface area contributed by atoms with E-state index in [4.69, 9.17) is 27.4 Å². The minimum atomic E-state index is -4.03. The van der Waals surface area contributed by atoms with Crippen LogP contribution in [0.15, 0.2) is 36.4 Å². The fourth-order valence-electron chi connectivity index (χ4n) is 1.84. The van der Waals surface area contributed by atoms with Gasteiger partial charge in [-0.15, -0.1) is 0 Å². The van der Waals surface area contributed by atoms with Crippen molar-refractivity contribution in [1.82, 2.24) is 0 Å². The Morgan fingerprint density at radius 3 is 1.85 bits per heavy atom. The molecule has 0 heterocycles. The average Bonchev–Trinajstić information content (AvgIpc) is 2.59. The van der Waals surface area contributed by atoms with E-state index in [1.54, 1.807) is 0 Å². The van der Waals surface area contributed by atoms with E-state index in [2.05, 4.69) is 0 Å². The molecule has 0 atom stereocenters. The van der Waals surface area contributed by atoms with Crippen molar-refractivity contribution >= 4 is 54.5 Å². The van der Waals surface area contributed by atoms with Gasteiger partial charge in [0.05, 0.1) is 26.5 Å². The predicted molar refractivity (Wildman–Crippen MR) is 101 cm³/mol. The summed E-state index contributed by atoms with van der Waals surface area (Å²) in [5.41, 5.74) is 0.210. The fourth-order valence-corrected chi connectivity index (χ4v) is 4.41. The largest absolute Gasteiger partial charge is 0.322 e. The summed E-state index contributed by atoms with van der Waals surface area (Å²) in [4.78, 5) is 20.1. The van der Waals surface area contributed by atoms with Gasteiger partial charge in [-0.05, 0) is 23.3 Å². The van der Waals surface area contributed by atoms with Crippen LogP contribution >= 0.6 is 34.0 Å². The molecule has 0 saturated carbocycles. The van der Waals surface area contributed by atoms with Gasteiger partial charge in [0.2, 0.25) is 0 Å². The van der Waals surface area contributed by atoms with Crippen LogP contribution in [-0.2, 0) is 25.7 Å². The van der Waals surface area contributed by atoms with E-state index in [-0.39, 0.29) is 32.7 Å². The van der Waals surface area contributed by atoms with Crippen LogP contribution in [0.25, 0.3) is 0 Å². The molecule has 2 aromatic rings. The van der Waals surface area contributed by atoms with E-state index >= 15 is 0 Å². The average molecular weight is 453 g/mol. The lowest BCUT2D eigenvalue weighted by atomic mass is 10.2. The Balaban J connectivity index is 1.99. The molecule has 0 aromatic heterocycles. The van der Waals surface area contributed by atoms with Gasteiger partial charge in [-0.25, -0.2) is 0 Å². The second-order valence-corrected chi connectivity index (χ2v) is 9.32. The van der Waals surface area contributed by atoms with Crippen molar-refractivity contribution in [3.63, 3.8) is 0 Å². The van der Waals surface area contributed by atoms with E-state index < -0.39 is 25.6 Å². The third-order valence-electron chi connectivity index (χ3n) is 3.21. The first-order valence-corrected chi connectivity index (χ1v) is 10.6. The molecule has 0 N–H and O–H groups in total. The molecule has 2 aromatic carbocycles. The standard InChI is InChI=1S/C14H10Cl2N2O7S2/c15-13-5-11(17(19)20)3-1-9(13)7-25-27(23,24)26-8-10-2-4-12(18(21)22)6-14(10)16/h1-6H,7-8H2. The second kappa shape index (κ2) is 8.85. The molecule has 0 bridgehead atoms. The van der Waals surface area contributed by atoms with Crippen LogP contribution in [0.4, 0.5) is 11.4 Å². The lowest BCUT2D eigenvalue weighted by molar-refractivity contribution is -0.385. The summed E-state index contributed by atoms with van der Waals surface area (Å²) in [6.45, 7) is -0.403. The van der Waals surface area contributed by atoms with Crippen LogP contribution in [0.2, 0.25) is 10.0 Å². The first-order chi connectivity index (χ1) is 12.6. The predicted octanol–water partition coefficient (Wildman–Crippen LogP) is 4.50. The Kier molecular flexibility index (Phi) is 7.00. The molecule has 13 heteroatoms. The zero-order valence-corrected chi connectivity index (χ0v) is 16.3. The van der Waals surface area contributed by atoms with Crippen molar-refractivity contribution in [2.45, 2.75) is 12.4 Å². The SMILES string of the molecule is O=[N+]([O-])c1ccc(COS(=O)(=O)SCc2ccc([N+](=O)[O-])cc2Cl)c(Cl)c1. The Labute approximate surface area is 167 Å². The monoisotopic (exact) mass is 452 g/mol. The van der Waals surface area contributed by atoms with Crippen LogP contribution in [-0.4, -0.2) is 18.3 Å². The number of halogens is 2. The minimum Gasteiger partial charge on any atom is -0.258 e. The second-order valence-electron chi connectivity index (χ2n) is 5.00. The first kappa shape index (κ1) is 21.4. The molecule has 0 radical (unpaired) electrons. The summed E-state index contributed by atoms with van der Waals surface area (Å²) >= 11 is 11.8. The van der Waals surface area contributed by atoms with Gasteiger partial charge in [0.1, 0.15) is 0 Å². The lowest BCUT2D eigenvalue weighted by Gasteiger charge is -2.07. The first-order valence-electron chi connectivity index (χ1n) is 6.98. The van der Waals surface area contributed by atoms with E-state index in [1.807, 2.05) is 0 Å². The molecule has 0 aliphatic rings. The highest BCUT2D eigenvalue weighted by Gasteiger charge is 2.17. The van der Waals surface area contributed by atoms with Gasteiger partial charge >= 0.3 is 9.15 Å². The highest BCUT2D eigenvalue weighted by atomic mass is 35.5. The smallest absolute Gasteiger partial charge is 0.258 e. The molecule has 2 rings (SSSR count). The van der Waals surface area contributed by atoms with Gasteiger partial charge in [-0.2, -0.15) is 8.42 Å². The van der Waals surface area contributed by atoms with E-state index in [1.165, 1.54) is 24.3 Å². The zero-order chi connectivity index (χ0) is 20.2. The van der Waals surface area contributed by atoms with Crippen LogP contribution in [0.1, 0.15) is 11.1 Å². The van der Waals surface area contributed by atoms with Gasteiger partial charge in [0.25, 0.3) is 11.4 Å². The van der Waals surface area contributed by atoms with Crippen LogP contribution in [0, 0.1) is 20.2 Å². The Bertz CT molecular complexity index is 925. The number of hydrogen-bond acceptors (Lipinski definition) is 8.